The molecule has 3 nitrogen and oxygen atoms in total. The summed E-state index contributed by atoms with van der Waals surface area (Å²) in [6, 6.07) is 9.01. The van der Waals surface area contributed by atoms with Gasteiger partial charge < -0.3 is 0 Å². The minimum absolute atomic E-state index is 0.155. The average Bonchev–Trinajstić information content (AvgIpc) is 2.78. The number of rotatable bonds is 2. The highest BCUT2D eigenvalue weighted by atomic mass is 79.9. The van der Waals surface area contributed by atoms with Gasteiger partial charge >= 0.3 is 0 Å². The van der Waals surface area contributed by atoms with Gasteiger partial charge in [0.15, 0.2) is 4.32 Å². The molecule has 0 radical (unpaired) electrons. The lowest BCUT2D eigenvalue weighted by atomic mass is 10.2. The van der Waals surface area contributed by atoms with Gasteiger partial charge in [0.05, 0.1) is 15.6 Å². The van der Waals surface area contributed by atoms with Crippen molar-refractivity contribution in [2.24, 2.45) is 0 Å². The fraction of sp³-hybridized carbons (Fsp3) is 0. The summed E-state index contributed by atoms with van der Waals surface area (Å²) in [7, 11) is 0. The number of anilines is 1. The van der Waals surface area contributed by atoms with Crippen LogP contribution in [0.15, 0.2) is 52.1 Å². The molecular formula is C15H8BrClN2OS2. The van der Waals surface area contributed by atoms with Crippen LogP contribution in [0.1, 0.15) is 5.56 Å². The van der Waals surface area contributed by atoms with Gasteiger partial charge in [-0.25, -0.2) is 0 Å². The van der Waals surface area contributed by atoms with Crippen LogP contribution in [-0.2, 0) is 4.79 Å². The molecule has 2 aromatic rings. The maximum atomic E-state index is 12.6. The summed E-state index contributed by atoms with van der Waals surface area (Å²) < 4.78 is 1.26. The van der Waals surface area contributed by atoms with Crippen molar-refractivity contribution in [3.05, 3.63) is 62.7 Å². The molecule has 1 fully saturated rings. The second-order valence-corrected chi connectivity index (χ2v) is 7.34. The van der Waals surface area contributed by atoms with Crippen molar-refractivity contribution in [3.63, 3.8) is 0 Å². The van der Waals surface area contributed by atoms with E-state index < -0.39 is 0 Å². The molecule has 1 aliphatic rings. The molecular weight excluding hydrogens is 404 g/mol. The topological polar surface area (TPSA) is 33.2 Å². The van der Waals surface area contributed by atoms with E-state index in [1.54, 1.807) is 36.7 Å². The summed E-state index contributed by atoms with van der Waals surface area (Å²) in [4.78, 5) is 18.7. The zero-order valence-electron chi connectivity index (χ0n) is 11.0. The Balaban J connectivity index is 1.95. The van der Waals surface area contributed by atoms with Crippen LogP contribution in [0.2, 0.25) is 5.02 Å². The standard InChI is InChI=1S/C15H8BrClN2OS2/c16-11-4-3-10(7-12(11)17)19-14(20)13(22-15(19)21)6-9-2-1-5-18-8-9/h1-8H/b13-6+. The van der Waals surface area contributed by atoms with Crippen LogP contribution >= 0.6 is 51.5 Å². The summed E-state index contributed by atoms with van der Waals surface area (Å²) in [6.45, 7) is 0. The van der Waals surface area contributed by atoms with Crippen LogP contribution in [0.25, 0.3) is 6.08 Å². The summed E-state index contributed by atoms with van der Waals surface area (Å²) in [6.07, 6.45) is 5.17. The van der Waals surface area contributed by atoms with Gasteiger partial charge in [-0.2, -0.15) is 0 Å². The molecule has 3 rings (SSSR count). The predicted octanol–water partition coefficient (Wildman–Crippen LogP) is 4.90. The fourth-order valence-corrected chi connectivity index (χ4v) is 3.65. The van der Waals surface area contributed by atoms with Crippen LogP contribution in [0.5, 0.6) is 0 Å². The number of hydrogen-bond donors (Lipinski definition) is 0. The summed E-state index contributed by atoms with van der Waals surface area (Å²) in [5.74, 6) is -0.155. The van der Waals surface area contributed by atoms with Crippen molar-refractivity contribution in [2.75, 3.05) is 4.90 Å². The van der Waals surface area contributed by atoms with E-state index in [-0.39, 0.29) is 5.91 Å². The van der Waals surface area contributed by atoms with Crippen molar-refractivity contribution in [2.45, 2.75) is 0 Å². The first kappa shape index (κ1) is 15.7. The molecule has 0 bridgehead atoms. The highest BCUT2D eigenvalue weighted by Crippen LogP contribution is 2.37. The molecule has 7 heteroatoms. The third-order valence-electron chi connectivity index (χ3n) is 2.94. The van der Waals surface area contributed by atoms with Crippen LogP contribution in [0, 0.1) is 0 Å². The van der Waals surface area contributed by atoms with Gasteiger partial charge in [0.2, 0.25) is 0 Å². The highest BCUT2D eigenvalue weighted by Gasteiger charge is 2.33. The zero-order valence-corrected chi connectivity index (χ0v) is 15.0. The first-order valence-corrected chi connectivity index (χ1v) is 8.59. The minimum Gasteiger partial charge on any atom is -0.268 e. The molecule has 0 atom stereocenters. The number of carbonyl (C=O) groups excluding carboxylic acids is 1. The van der Waals surface area contributed by atoms with E-state index in [2.05, 4.69) is 20.9 Å². The Hall–Kier alpha value is -1.21. The van der Waals surface area contributed by atoms with Crippen molar-refractivity contribution in [1.29, 1.82) is 0 Å². The van der Waals surface area contributed by atoms with Crippen molar-refractivity contribution in [3.8, 4) is 0 Å². The van der Waals surface area contributed by atoms with E-state index in [0.717, 1.165) is 10.0 Å². The molecule has 110 valence electrons. The third kappa shape index (κ3) is 3.10. The van der Waals surface area contributed by atoms with Gasteiger partial charge in [-0.15, -0.1) is 0 Å². The van der Waals surface area contributed by atoms with Gasteiger partial charge in [-0.05, 0) is 51.8 Å². The van der Waals surface area contributed by atoms with E-state index in [1.807, 2.05) is 12.1 Å². The predicted molar refractivity (Wildman–Crippen MR) is 99.0 cm³/mol. The molecule has 1 aromatic carbocycles. The van der Waals surface area contributed by atoms with E-state index >= 15 is 0 Å². The lowest BCUT2D eigenvalue weighted by molar-refractivity contribution is -0.113. The zero-order chi connectivity index (χ0) is 15.7. The number of thioether (sulfide) groups is 1. The second-order valence-electron chi connectivity index (χ2n) is 4.40. The number of thiocarbonyl (C=S) groups is 1. The number of amides is 1. The number of halogens is 2. The Morgan fingerprint density at radius 3 is 2.86 bits per heavy atom. The van der Waals surface area contributed by atoms with Gasteiger partial charge in [-0.3, -0.25) is 14.7 Å². The maximum absolute atomic E-state index is 12.6. The number of benzene rings is 1. The molecule has 2 heterocycles. The Morgan fingerprint density at radius 2 is 2.18 bits per heavy atom. The van der Waals surface area contributed by atoms with Crippen LogP contribution in [-0.4, -0.2) is 15.2 Å². The Bertz CT molecular complexity index is 795. The SMILES string of the molecule is O=C1/C(=C\c2cccnc2)SC(=S)N1c1ccc(Br)c(Cl)c1. The molecule has 1 amide bonds. The lowest BCUT2D eigenvalue weighted by Crippen LogP contribution is -2.27. The fourth-order valence-electron chi connectivity index (χ4n) is 1.93. The number of pyridine rings is 1. The van der Waals surface area contributed by atoms with Crippen LogP contribution < -0.4 is 4.90 Å². The third-order valence-corrected chi connectivity index (χ3v) is 5.47. The molecule has 1 aliphatic heterocycles. The summed E-state index contributed by atoms with van der Waals surface area (Å²) in [5, 5.41) is 0.530. The van der Waals surface area contributed by atoms with Gasteiger partial charge in [0.1, 0.15) is 0 Å². The number of nitrogens with zero attached hydrogens (tertiary/aromatic N) is 2. The van der Waals surface area contributed by atoms with Crippen LogP contribution in [0.3, 0.4) is 0 Å². The van der Waals surface area contributed by atoms with Crippen molar-refractivity contribution >= 4 is 73.5 Å². The number of carbonyl (C=O) groups is 1. The normalized spacial score (nSPS) is 16.6. The molecule has 0 saturated carbocycles. The molecule has 1 aromatic heterocycles. The lowest BCUT2D eigenvalue weighted by Gasteiger charge is -2.15. The minimum atomic E-state index is -0.155. The monoisotopic (exact) mass is 410 g/mol. The van der Waals surface area contributed by atoms with Gasteiger partial charge in [0, 0.05) is 16.9 Å². The molecule has 0 spiro atoms. The largest absolute Gasteiger partial charge is 0.270 e. The molecule has 0 unspecified atom stereocenters. The quantitative estimate of drug-likeness (QED) is 0.520. The molecule has 1 saturated heterocycles. The highest BCUT2D eigenvalue weighted by molar-refractivity contribution is 9.10. The van der Waals surface area contributed by atoms with E-state index in [4.69, 9.17) is 23.8 Å². The Kier molecular flexibility index (Phi) is 4.63. The smallest absolute Gasteiger partial charge is 0.268 e. The van der Waals surface area contributed by atoms with Gasteiger partial charge in [0.25, 0.3) is 5.91 Å². The first-order valence-electron chi connectivity index (χ1n) is 6.19. The summed E-state index contributed by atoms with van der Waals surface area (Å²) >= 11 is 16.0. The molecule has 22 heavy (non-hydrogen) atoms. The first-order chi connectivity index (χ1) is 10.6. The second kappa shape index (κ2) is 6.50. The molecule has 0 aliphatic carbocycles. The van der Waals surface area contributed by atoms with Crippen molar-refractivity contribution in [1.82, 2.24) is 4.98 Å². The van der Waals surface area contributed by atoms with Crippen LogP contribution in [0.4, 0.5) is 5.69 Å². The van der Waals surface area contributed by atoms with Crippen molar-refractivity contribution < 1.29 is 4.79 Å². The van der Waals surface area contributed by atoms with Gasteiger partial charge in [-0.1, -0.05) is 41.6 Å². The van der Waals surface area contributed by atoms with E-state index in [9.17, 15) is 4.79 Å². The summed E-state index contributed by atoms with van der Waals surface area (Å²) in [5.41, 5.74) is 1.52. The number of aromatic nitrogens is 1. The maximum Gasteiger partial charge on any atom is 0.270 e. The Labute approximate surface area is 150 Å². The van der Waals surface area contributed by atoms with E-state index in [0.29, 0.717) is 19.9 Å². The van der Waals surface area contributed by atoms with E-state index in [1.165, 1.54) is 16.7 Å². The average molecular weight is 412 g/mol. The number of hydrogen-bond acceptors (Lipinski definition) is 4. The Morgan fingerprint density at radius 1 is 1.36 bits per heavy atom. The molecule has 0 N–H and O–H groups in total.